The van der Waals surface area contributed by atoms with E-state index >= 15 is 0 Å². The summed E-state index contributed by atoms with van der Waals surface area (Å²) < 4.78 is 22.3. The number of hydrogen-bond donors (Lipinski definition) is 1. The van der Waals surface area contributed by atoms with E-state index in [1.54, 1.807) is 18.2 Å². The zero-order valence-electron chi connectivity index (χ0n) is 9.44. The SMILES string of the molecule is CS(=O)(=O)Cc1cccc(CNC(=O)CCl)c1. The van der Waals surface area contributed by atoms with Gasteiger partial charge in [-0.05, 0) is 11.1 Å². The van der Waals surface area contributed by atoms with Gasteiger partial charge < -0.3 is 5.32 Å². The highest BCUT2D eigenvalue weighted by atomic mass is 35.5. The number of hydrogen-bond acceptors (Lipinski definition) is 3. The van der Waals surface area contributed by atoms with E-state index in [2.05, 4.69) is 5.32 Å². The van der Waals surface area contributed by atoms with E-state index in [4.69, 9.17) is 11.6 Å². The fourth-order valence-corrected chi connectivity index (χ4v) is 2.26. The highest BCUT2D eigenvalue weighted by molar-refractivity contribution is 7.89. The molecule has 1 aromatic carbocycles. The van der Waals surface area contributed by atoms with Crippen molar-refractivity contribution in [2.45, 2.75) is 12.3 Å². The summed E-state index contributed by atoms with van der Waals surface area (Å²) in [7, 11) is -3.04. The lowest BCUT2D eigenvalue weighted by atomic mass is 10.1. The summed E-state index contributed by atoms with van der Waals surface area (Å²) in [5, 5.41) is 2.62. The molecule has 1 amide bonds. The van der Waals surface area contributed by atoms with Crippen LogP contribution >= 0.6 is 11.6 Å². The van der Waals surface area contributed by atoms with E-state index in [1.165, 1.54) is 6.26 Å². The summed E-state index contributed by atoms with van der Waals surface area (Å²) in [6.07, 6.45) is 1.19. The Morgan fingerprint density at radius 3 is 2.59 bits per heavy atom. The van der Waals surface area contributed by atoms with E-state index in [0.717, 1.165) is 5.56 Å². The van der Waals surface area contributed by atoms with Crippen LogP contribution in [0.3, 0.4) is 0 Å². The number of alkyl halides is 1. The van der Waals surface area contributed by atoms with Gasteiger partial charge in [-0.2, -0.15) is 0 Å². The van der Waals surface area contributed by atoms with E-state index in [9.17, 15) is 13.2 Å². The molecule has 17 heavy (non-hydrogen) atoms. The van der Waals surface area contributed by atoms with Gasteiger partial charge in [0.05, 0.1) is 5.75 Å². The number of sulfone groups is 1. The number of benzene rings is 1. The maximum absolute atomic E-state index is 11.1. The Balaban J connectivity index is 2.69. The third-order valence-corrected chi connectivity index (χ3v) is 3.13. The van der Waals surface area contributed by atoms with Gasteiger partial charge in [0.2, 0.25) is 5.91 Å². The van der Waals surface area contributed by atoms with Gasteiger partial charge in [0.15, 0.2) is 9.84 Å². The van der Waals surface area contributed by atoms with Crippen molar-refractivity contribution >= 4 is 27.3 Å². The topological polar surface area (TPSA) is 63.2 Å². The Labute approximate surface area is 106 Å². The molecular formula is C11H14ClNO3S. The molecule has 0 aromatic heterocycles. The average molecular weight is 276 g/mol. The zero-order chi connectivity index (χ0) is 12.9. The Hall–Kier alpha value is -1.07. The quantitative estimate of drug-likeness (QED) is 0.818. The first-order valence-electron chi connectivity index (χ1n) is 4.99. The Bertz CT molecular complexity index is 499. The number of carbonyl (C=O) groups excluding carboxylic acids is 1. The lowest BCUT2D eigenvalue weighted by Gasteiger charge is -2.05. The molecular weight excluding hydrogens is 262 g/mol. The third kappa shape index (κ3) is 5.70. The molecule has 0 saturated carbocycles. The van der Waals surface area contributed by atoms with Crippen molar-refractivity contribution in [3.63, 3.8) is 0 Å². The number of halogens is 1. The highest BCUT2D eigenvalue weighted by Gasteiger charge is 2.05. The summed E-state index contributed by atoms with van der Waals surface area (Å²) in [5.74, 6) is -0.326. The van der Waals surface area contributed by atoms with E-state index in [1.807, 2.05) is 6.07 Å². The van der Waals surface area contributed by atoms with Crippen LogP contribution in [0.15, 0.2) is 24.3 Å². The van der Waals surface area contributed by atoms with Crippen molar-refractivity contribution < 1.29 is 13.2 Å². The minimum absolute atomic E-state index is 0.00426. The number of amides is 1. The summed E-state index contributed by atoms with van der Waals surface area (Å²) in [6.45, 7) is 0.350. The van der Waals surface area contributed by atoms with Crippen molar-refractivity contribution in [3.8, 4) is 0 Å². The van der Waals surface area contributed by atoms with Crippen molar-refractivity contribution in [2.75, 3.05) is 12.1 Å². The molecule has 0 unspecified atom stereocenters. The normalized spacial score (nSPS) is 11.2. The maximum atomic E-state index is 11.1. The lowest BCUT2D eigenvalue weighted by Crippen LogP contribution is -2.23. The molecule has 0 aliphatic rings. The van der Waals surface area contributed by atoms with Gasteiger partial charge >= 0.3 is 0 Å². The van der Waals surface area contributed by atoms with Gasteiger partial charge in [-0.25, -0.2) is 8.42 Å². The number of nitrogens with one attached hydrogen (secondary N) is 1. The molecule has 0 saturated heterocycles. The second kappa shape index (κ2) is 6.02. The van der Waals surface area contributed by atoms with Crippen LogP contribution in [0.5, 0.6) is 0 Å². The van der Waals surface area contributed by atoms with Crippen LogP contribution in [-0.2, 0) is 26.9 Å². The minimum Gasteiger partial charge on any atom is -0.351 e. The van der Waals surface area contributed by atoms with Gasteiger partial charge in [0.25, 0.3) is 0 Å². The molecule has 1 rings (SSSR count). The largest absolute Gasteiger partial charge is 0.351 e. The van der Waals surface area contributed by atoms with Gasteiger partial charge in [-0.1, -0.05) is 24.3 Å². The molecule has 0 bridgehead atoms. The molecule has 1 N–H and O–H groups in total. The van der Waals surface area contributed by atoms with Crippen molar-refractivity contribution in [2.24, 2.45) is 0 Å². The average Bonchev–Trinajstić information content (AvgIpc) is 2.24. The summed E-state index contributed by atoms with van der Waals surface area (Å²) in [6, 6.07) is 7.09. The van der Waals surface area contributed by atoms with Crippen LogP contribution in [0, 0.1) is 0 Å². The Morgan fingerprint density at radius 2 is 2.00 bits per heavy atom. The van der Waals surface area contributed by atoms with Gasteiger partial charge in [-0.15, -0.1) is 11.6 Å². The molecule has 0 aliphatic heterocycles. The third-order valence-electron chi connectivity index (χ3n) is 2.03. The molecule has 4 nitrogen and oxygen atoms in total. The predicted molar refractivity (Wildman–Crippen MR) is 67.6 cm³/mol. The highest BCUT2D eigenvalue weighted by Crippen LogP contribution is 2.08. The van der Waals surface area contributed by atoms with Gasteiger partial charge in [0.1, 0.15) is 5.88 Å². The second-order valence-electron chi connectivity index (χ2n) is 3.80. The van der Waals surface area contributed by atoms with Crippen LogP contribution in [0.4, 0.5) is 0 Å². The molecule has 1 aromatic rings. The summed E-state index contributed by atoms with van der Waals surface area (Å²) in [4.78, 5) is 11.0. The van der Waals surface area contributed by atoms with Crippen LogP contribution < -0.4 is 5.32 Å². The lowest BCUT2D eigenvalue weighted by molar-refractivity contribution is -0.118. The van der Waals surface area contributed by atoms with E-state index < -0.39 is 9.84 Å². The van der Waals surface area contributed by atoms with Gasteiger partial charge in [-0.3, -0.25) is 4.79 Å². The molecule has 0 radical (unpaired) electrons. The molecule has 6 heteroatoms. The predicted octanol–water partition coefficient (Wildman–Crippen LogP) is 1.09. The molecule has 0 aliphatic carbocycles. The standard InChI is InChI=1S/C11H14ClNO3S/c1-17(15,16)8-10-4-2-3-9(5-10)7-13-11(14)6-12/h2-5H,6-8H2,1H3,(H,13,14). The van der Waals surface area contributed by atoms with Gasteiger partial charge in [0, 0.05) is 12.8 Å². The first-order chi connectivity index (χ1) is 7.90. The van der Waals surface area contributed by atoms with Crippen LogP contribution in [0.2, 0.25) is 0 Å². The Morgan fingerprint density at radius 1 is 1.35 bits per heavy atom. The minimum atomic E-state index is -3.04. The fraction of sp³-hybridized carbons (Fsp3) is 0.364. The van der Waals surface area contributed by atoms with Crippen molar-refractivity contribution in [1.82, 2.24) is 5.32 Å². The van der Waals surface area contributed by atoms with Crippen molar-refractivity contribution in [3.05, 3.63) is 35.4 Å². The first kappa shape index (κ1) is 14.0. The monoisotopic (exact) mass is 275 g/mol. The summed E-state index contributed by atoms with van der Waals surface area (Å²) in [5.41, 5.74) is 1.56. The zero-order valence-corrected chi connectivity index (χ0v) is 11.0. The molecule has 0 spiro atoms. The van der Waals surface area contributed by atoms with Crippen LogP contribution in [0.1, 0.15) is 11.1 Å². The number of carbonyl (C=O) groups is 1. The molecule has 0 atom stereocenters. The van der Waals surface area contributed by atoms with Crippen LogP contribution in [-0.4, -0.2) is 26.5 Å². The molecule has 0 heterocycles. The molecule has 0 fully saturated rings. The second-order valence-corrected chi connectivity index (χ2v) is 6.21. The first-order valence-corrected chi connectivity index (χ1v) is 7.58. The smallest absolute Gasteiger partial charge is 0.235 e. The van der Waals surface area contributed by atoms with Crippen LogP contribution in [0.25, 0.3) is 0 Å². The van der Waals surface area contributed by atoms with E-state index in [0.29, 0.717) is 12.1 Å². The van der Waals surface area contributed by atoms with E-state index in [-0.39, 0.29) is 17.5 Å². The Kier molecular flexibility index (Phi) is 4.96. The van der Waals surface area contributed by atoms with Crippen molar-refractivity contribution in [1.29, 1.82) is 0 Å². The molecule has 94 valence electrons. The summed E-state index contributed by atoms with van der Waals surface area (Å²) >= 11 is 5.35. The number of rotatable bonds is 5. The fourth-order valence-electron chi connectivity index (χ4n) is 1.38. The maximum Gasteiger partial charge on any atom is 0.235 e.